The predicted octanol–water partition coefficient (Wildman–Crippen LogP) is 3.02. The van der Waals surface area contributed by atoms with E-state index in [1.807, 2.05) is 61.2 Å². The normalized spacial score (nSPS) is 16.5. The minimum Gasteiger partial charge on any atom is -0.491 e. The van der Waals surface area contributed by atoms with Crippen LogP contribution in [-0.4, -0.2) is 56.1 Å². The molecule has 2 aromatic rings. The standard InChI is InChI=1S/C25H34N4O2/c1-3-26-25(27-14-16-31-23-12-8-7-9-20(23)2)28-18-22-17-24(30)29(19-22)15-13-21-10-5-4-6-11-21/h4-12,22H,3,13-19H2,1-2H3,(H2,26,27,28). The second-order valence-electron chi connectivity index (χ2n) is 7.91. The van der Waals surface area contributed by atoms with Gasteiger partial charge in [-0.25, -0.2) is 0 Å². The minimum atomic E-state index is 0.237. The van der Waals surface area contributed by atoms with Gasteiger partial charge in [-0.15, -0.1) is 0 Å². The van der Waals surface area contributed by atoms with Crippen LogP contribution in [-0.2, 0) is 11.2 Å². The van der Waals surface area contributed by atoms with Gasteiger partial charge < -0.3 is 20.3 Å². The molecule has 0 aliphatic carbocycles. The van der Waals surface area contributed by atoms with Crippen LogP contribution < -0.4 is 15.4 Å². The molecule has 0 saturated carbocycles. The molecule has 6 heteroatoms. The molecule has 0 radical (unpaired) electrons. The second-order valence-corrected chi connectivity index (χ2v) is 7.91. The van der Waals surface area contributed by atoms with Gasteiger partial charge in [-0.1, -0.05) is 48.5 Å². The number of benzene rings is 2. The van der Waals surface area contributed by atoms with Crippen molar-refractivity contribution in [2.45, 2.75) is 26.7 Å². The lowest BCUT2D eigenvalue weighted by Gasteiger charge is -2.16. The average Bonchev–Trinajstić information content (AvgIpc) is 3.14. The summed E-state index contributed by atoms with van der Waals surface area (Å²) in [7, 11) is 0. The van der Waals surface area contributed by atoms with Crippen LogP contribution >= 0.6 is 0 Å². The van der Waals surface area contributed by atoms with Crippen LogP contribution in [0.3, 0.4) is 0 Å². The first-order valence-electron chi connectivity index (χ1n) is 11.2. The molecule has 2 aromatic carbocycles. The van der Waals surface area contributed by atoms with E-state index in [1.54, 1.807) is 0 Å². The Bertz CT molecular complexity index is 854. The molecule has 0 bridgehead atoms. The molecular weight excluding hydrogens is 388 g/mol. The van der Waals surface area contributed by atoms with E-state index in [4.69, 9.17) is 9.73 Å². The van der Waals surface area contributed by atoms with E-state index in [0.29, 0.717) is 26.1 Å². The summed E-state index contributed by atoms with van der Waals surface area (Å²) in [4.78, 5) is 19.1. The van der Waals surface area contributed by atoms with E-state index in [9.17, 15) is 4.79 Å². The Kier molecular flexibility index (Phi) is 8.76. The third-order valence-corrected chi connectivity index (χ3v) is 5.41. The maximum atomic E-state index is 12.4. The highest BCUT2D eigenvalue weighted by atomic mass is 16.5. The molecule has 31 heavy (non-hydrogen) atoms. The first-order valence-corrected chi connectivity index (χ1v) is 11.2. The number of carbonyl (C=O) groups is 1. The lowest BCUT2D eigenvalue weighted by molar-refractivity contribution is -0.127. The molecule has 3 rings (SSSR count). The summed E-state index contributed by atoms with van der Waals surface area (Å²) in [5.41, 5.74) is 2.40. The van der Waals surface area contributed by atoms with Crippen molar-refractivity contribution in [2.75, 3.05) is 39.3 Å². The summed E-state index contributed by atoms with van der Waals surface area (Å²) in [6.07, 6.45) is 1.47. The zero-order chi connectivity index (χ0) is 21.9. The number of hydrogen-bond acceptors (Lipinski definition) is 3. The summed E-state index contributed by atoms with van der Waals surface area (Å²) in [5, 5.41) is 6.59. The van der Waals surface area contributed by atoms with Crippen molar-refractivity contribution in [1.29, 1.82) is 0 Å². The van der Waals surface area contributed by atoms with Gasteiger partial charge in [0.25, 0.3) is 0 Å². The van der Waals surface area contributed by atoms with Crippen LogP contribution in [0.5, 0.6) is 5.75 Å². The number of carbonyl (C=O) groups excluding carboxylic acids is 1. The first-order chi connectivity index (χ1) is 15.2. The molecule has 1 unspecified atom stereocenters. The molecule has 2 N–H and O–H groups in total. The van der Waals surface area contributed by atoms with Crippen molar-refractivity contribution in [3.63, 3.8) is 0 Å². The van der Waals surface area contributed by atoms with Crippen LogP contribution in [0.4, 0.5) is 0 Å². The Balaban J connectivity index is 1.42. The van der Waals surface area contributed by atoms with E-state index in [-0.39, 0.29) is 11.8 Å². The molecule has 1 heterocycles. The van der Waals surface area contributed by atoms with E-state index >= 15 is 0 Å². The van der Waals surface area contributed by atoms with Gasteiger partial charge >= 0.3 is 0 Å². The molecule has 6 nitrogen and oxygen atoms in total. The largest absolute Gasteiger partial charge is 0.491 e. The van der Waals surface area contributed by atoms with Crippen LogP contribution in [0.25, 0.3) is 0 Å². The van der Waals surface area contributed by atoms with Gasteiger partial charge in [0.15, 0.2) is 5.96 Å². The Labute approximate surface area is 185 Å². The van der Waals surface area contributed by atoms with Crippen LogP contribution in [0.1, 0.15) is 24.5 Å². The summed E-state index contributed by atoms with van der Waals surface area (Å²) < 4.78 is 5.84. The quantitative estimate of drug-likeness (QED) is 0.351. The number of guanidine groups is 1. The predicted molar refractivity (Wildman–Crippen MR) is 125 cm³/mol. The molecule has 166 valence electrons. The Morgan fingerprint density at radius 2 is 1.90 bits per heavy atom. The third-order valence-electron chi connectivity index (χ3n) is 5.41. The highest BCUT2D eigenvalue weighted by Crippen LogP contribution is 2.19. The number of amides is 1. The number of aryl methyl sites for hydroxylation is 1. The van der Waals surface area contributed by atoms with Crippen molar-refractivity contribution in [2.24, 2.45) is 10.9 Å². The van der Waals surface area contributed by atoms with Crippen LogP contribution in [0.15, 0.2) is 59.6 Å². The van der Waals surface area contributed by atoms with Gasteiger partial charge in [0.05, 0.1) is 6.54 Å². The number of ether oxygens (including phenoxy) is 1. The van der Waals surface area contributed by atoms with Gasteiger partial charge in [0.2, 0.25) is 5.91 Å². The van der Waals surface area contributed by atoms with E-state index < -0.39 is 0 Å². The first kappa shape index (κ1) is 22.7. The maximum absolute atomic E-state index is 12.4. The third kappa shape index (κ3) is 7.31. The van der Waals surface area contributed by atoms with Gasteiger partial charge in [0.1, 0.15) is 12.4 Å². The van der Waals surface area contributed by atoms with Crippen molar-refractivity contribution in [1.82, 2.24) is 15.5 Å². The lowest BCUT2D eigenvalue weighted by atomic mass is 10.1. The Morgan fingerprint density at radius 3 is 2.68 bits per heavy atom. The fraction of sp³-hybridized carbons (Fsp3) is 0.440. The number of nitrogens with one attached hydrogen (secondary N) is 2. The fourth-order valence-electron chi connectivity index (χ4n) is 3.71. The van der Waals surface area contributed by atoms with Crippen LogP contribution in [0.2, 0.25) is 0 Å². The fourth-order valence-corrected chi connectivity index (χ4v) is 3.71. The monoisotopic (exact) mass is 422 g/mol. The summed E-state index contributed by atoms with van der Waals surface area (Å²) in [5.74, 6) is 2.18. The van der Waals surface area contributed by atoms with E-state index in [1.165, 1.54) is 5.56 Å². The molecule has 1 atom stereocenters. The van der Waals surface area contributed by atoms with Crippen molar-refractivity contribution in [3.8, 4) is 5.75 Å². The summed E-state index contributed by atoms with van der Waals surface area (Å²) in [6, 6.07) is 18.3. The molecule has 0 spiro atoms. The van der Waals surface area contributed by atoms with Crippen molar-refractivity contribution < 1.29 is 9.53 Å². The number of aliphatic imine (C=N–C) groups is 1. The summed E-state index contributed by atoms with van der Waals surface area (Å²) >= 11 is 0. The Hall–Kier alpha value is -3.02. The van der Waals surface area contributed by atoms with E-state index in [2.05, 4.69) is 22.8 Å². The number of rotatable bonds is 10. The summed E-state index contributed by atoms with van der Waals surface area (Å²) in [6.45, 7) is 8.30. The number of para-hydroxylation sites is 1. The van der Waals surface area contributed by atoms with Crippen molar-refractivity contribution >= 4 is 11.9 Å². The highest BCUT2D eigenvalue weighted by molar-refractivity contribution is 5.80. The molecular formula is C25H34N4O2. The molecule has 1 aliphatic rings. The number of hydrogen-bond donors (Lipinski definition) is 2. The van der Waals surface area contributed by atoms with E-state index in [0.717, 1.165) is 43.3 Å². The van der Waals surface area contributed by atoms with Gasteiger partial charge in [-0.3, -0.25) is 9.79 Å². The second kappa shape index (κ2) is 12.0. The van der Waals surface area contributed by atoms with Crippen molar-refractivity contribution in [3.05, 3.63) is 65.7 Å². The Morgan fingerprint density at radius 1 is 1.13 bits per heavy atom. The number of likely N-dealkylation sites (tertiary alicyclic amines) is 1. The number of nitrogens with zero attached hydrogens (tertiary/aromatic N) is 2. The zero-order valence-electron chi connectivity index (χ0n) is 18.6. The maximum Gasteiger partial charge on any atom is 0.223 e. The minimum absolute atomic E-state index is 0.237. The lowest BCUT2D eigenvalue weighted by Crippen LogP contribution is -2.39. The average molecular weight is 423 g/mol. The smallest absolute Gasteiger partial charge is 0.223 e. The highest BCUT2D eigenvalue weighted by Gasteiger charge is 2.28. The van der Waals surface area contributed by atoms with Gasteiger partial charge in [-0.2, -0.15) is 0 Å². The SMILES string of the molecule is CCNC(=NCC1CC(=O)N(CCc2ccccc2)C1)NCCOc1ccccc1C. The van der Waals surface area contributed by atoms with Gasteiger partial charge in [0, 0.05) is 38.5 Å². The molecule has 1 fully saturated rings. The molecule has 1 amide bonds. The zero-order valence-corrected chi connectivity index (χ0v) is 18.6. The molecule has 1 saturated heterocycles. The van der Waals surface area contributed by atoms with Gasteiger partial charge in [-0.05, 0) is 37.5 Å². The molecule has 0 aromatic heterocycles. The van der Waals surface area contributed by atoms with Crippen LogP contribution in [0, 0.1) is 12.8 Å². The molecule has 1 aliphatic heterocycles. The topological polar surface area (TPSA) is 66.0 Å².